The molecular formula is C14H21N3O. The van der Waals surface area contributed by atoms with E-state index in [0.29, 0.717) is 6.04 Å². The van der Waals surface area contributed by atoms with Crippen LogP contribution in [0.25, 0.3) is 0 Å². The van der Waals surface area contributed by atoms with E-state index in [4.69, 9.17) is 0 Å². The van der Waals surface area contributed by atoms with Crippen molar-refractivity contribution < 1.29 is 4.79 Å². The fourth-order valence-corrected chi connectivity index (χ4v) is 2.21. The number of benzene rings is 1. The third-order valence-corrected chi connectivity index (χ3v) is 3.39. The molecule has 1 aliphatic heterocycles. The number of anilines is 1. The predicted octanol–water partition coefficient (Wildman–Crippen LogP) is 2.26. The summed E-state index contributed by atoms with van der Waals surface area (Å²) in [6.07, 6.45) is 2.15. The second-order valence-corrected chi connectivity index (χ2v) is 4.96. The molecule has 2 unspecified atom stereocenters. The zero-order valence-electron chi connectivity index (χ0n) is 11.0. The monoisotopic (exact) mass is 247 g/mol. The Hall–Kier alpha value is -1.55. The average molecular weight is 247 g/mol. The molecule has 0 spiro atoms. The van der Waals surface area contributed by atoms with Crippen molar-refractivity contribution >= 4 is 11.7 Å². The van der Waals surface area contributed by atoms with Crippen LogP contribution in [0.15, 0.2) is 24.3 Å². The van der Waals surface area contributed by atoms with Gasteiger partial charge in [-0.15, -0.1) is 0 Å². The number of carbonyl (C=O) groups excluding carboxylic acids is 1. The standard InChI is InChI=1S/C14H21N3O/c1-10-5-7-12(8-6-10)16-14(18)17-13-4-3-9-15-11(13)2/h5-8,11,13,15H,3-4,9H2,1-2H3,(H2,16,17,18). The van der Waals surface area contributed by atoms with Crippen molar-refractivity contribution in [3.05, 3.63) is 29.8 Å². The number of nitrogens with one attached hydrogen (secondary N) is 3. The van der Waals surface area contributed by atoms with Crippen LogP contribution in [0.4, 0.5) is 10.5 Å². The lowest BCUT2D eigenvalue weighted by Crippen LogP contribution is -2.52. The first-order valence-electron chi connectivity index (χ1n) is 6.53. The summed E-state index contributed by atoms with van der Waals surface area (Å²) in [5, 5.41) is 9.24. The van der Waals surface area contributed by atoms with Crippen LogP contribution in [0.3, 0.4) is 0 Å². The second-order valence-electron chi connectivity index (χ2n) is 4.96. The molecule has 1 saturated heterocycles. The van der Waals surface area contributed by atoms with Crippen LogP contribution in [0.2, 0.25) is 0 Å². The number of amides is 2. The largest absolute Gasteiger partial charge is 0.334 e. The van der Waals surface area contributed by atoms with Gasteiger partial charge in [-0.3, -0.25) is 0 Å². The van der Waals surface area contributed by atoms with Gasteiger partial charge in [0.05, 0.1) is 0 Å². The first kappa shape index (κ1) is 12.9. The van der Waals surface area contributed by atoms with Crippen LogP contribution >= 0.6 is 0 Å². The van der Waals surface area contributed by atoms with E-state index < -0.39 is 0 Å². The van der Waals surface area contributed by atoms with Gasteiger partial charge in [0, 0.05) is 17.8 Å². The maximum absolute atomic E-state index is 11.9. The lowest BCUT2D eigenvalue weighted by molar-refractivity contribution is 0.239. The van der Waals surface area contributed by atoms with Crippen LogP contribution < -0.4 is 16.0 Å². The summed E-state index contributed by atoms with van der Waals surface area (Å²) >= 11 is 0. The number of aryl methyl sites for hydroxylation is 1. The van der Waals surface area contributed by atoms with E-state index in [0.717, 1.165) is 25.1 Å². The minimum Gasteiger partial charge on any atom is -0.334 e. The van der Waals surface area contributed by atoms with Crippen molar-refractivity contribution in [3.63, 3.8) is 0 Å². The number of urea groups is 1. The van der Waals surface area contributed by atoms with Crippen molar-refractivity contribution in [3.8, 4) is 0 Å². The summed E-state index contributed by atoms with van der Waals surface area (Å²) in [5.74, 6) is 0. The van der Waals surface area contributed by atoms with Crippen molar-refractivity contribution in [1.29, 1.82) is 0 Å². The SMILES string of the molecule is Cc1ccc(NC(=O)NC2CCCNC2C)cc1. The van der Waals surface area contributed by atoms with Gasteiger partial charge in [0.2, 0.25) is 0 Å². The van der Waals surface area contributed by atoms with E-state index in [-0.39, 0.29) is 12.1 Å². The van der Waals surface area contributed by atoms with Crippen LogP contribution in [0.1, 0.15) is 25.3 Å². The molecule has 1 aromatic carbocycles. The number of hydrogen-bond acceptors (Lipinski definition) is 2. The van der Waals surface area contributed by atoms with Gasteiger partial charge >= 0.3 is 6.03 Å². The lowest BCUT2D eigenvalue weighted by Gasteiger charge is -2.30. The summed E-state index contributed by atoms with van der Waals surface area (Å²) in [6.45, 7) is 5.17. The Kier molecular flexibility index (Phi) is 4.20. The molecule has 0 radical (unpaired) electrons. The molecule has 3 N–H and O–H groups in total. The average Bonchev–Trinajstić information content (AvgIpc) is 2.35. The summed E-state index contributed by atoms with van der Waals surface area (Å²) in [5.41, 5.74) is 2.01. The van der Waals surface area contributed by atoms with Gasteiger partial charge in [0.25, 0.3) is 0 Å². The van der Waals surface area contributed by atoms with Crippen molar-refractivity contribution in [2.24, 2.45) is 0 Å². The van der Waals surface area contributed by atoms with Gasteiger partial charge in [-0.2, -0.15) is 0 Å². The van der Waals surface area contributed by atoms with Crippen molar-refractivity contribution in [1.82, 2.24) is 10.6 Å². The Labute approximate surface area is 108 Å². The Bertz CT molecular complexity index is 402. The lowest BCUT2D eigenvalue weighted by atomic mass is 10.0. The number of carbonyl (C=O) groups is 1. The minimum atomic E-state index is -0.126. The maximum atomic E-state index is 11.9. The van der Waals surface area contributed by atoms with Gasteiger partial charge in [-0.1, -0.05) is 17.7 Å². The fourth-order valence-electron chi connectivity index (χ4n) is 2.21. The smallest absolute Gasteiger partial charge is 0.319 e. The molecule has 18 heavy (non-hydrogen) atoms. The Morgan fingerprint density at radius 2 is 2.06 bits per heavy atom. The summed E-state index contributed by atoms with van der Waals surface area (Å²) < 4.78 is 0. The van der Waals surface area contributed by atoms with Gasteiger partial charge in [0.15, 0.2) is 0 Å². The molecule has 0 aromatic heterocycles. The van der Waals surface area contributed by atoms with E-state index in [1.165, 1.54) is 5.56 Å². The molecular weight excluding hydrogens is 226 g/mol. The third kappa shape index (κ3) is 3.47. The summed E-state index contributed by atoms with van der Waals surface area (Å²) in [4.78, 5) is 11.9. The van der Waals surface area contributed by atoms with Crippen LogP contribution in [-0.2, 0) is 0 Å². The highest BCUT2D eigenvalue weighted by Crippen LogP contribution is 2.10. The molecule has 1 heterocycles. The first-order valence-corrected chi connectivity index (χ1v) is 6.53. The topological polar surface area (TPSA) is 53.2 Å². The zero-order valence-corrected chi connectivity index (χ0v) is 11.0. The molecule has 4 heteroatoms. The number of hydrogen-bond donors (Lipinski definition) is 3. The highest BCUT2D eigenvalue weighted by atomic mass is 16.2. The van der Waals surface area contributed by atoms with Gasteiger partial charge in [-0.25, -0.2) is 4.79 Å². The minimum absolute atomic E-state index is 0.126. The van der Waals surface area contributed by atoms with Crippen LogP contribution in [0, 0.1) is 6.92 Å². The van der Waals surface area contributed by atoms with Crippen molar-refractivity contribution in [2.75, 3.05) is 11.9 Å². The third-order valence-electron chi connectivity index (χ3n) is 3.39. The fraction of sp³-hybridized carbons (Fsp3) is 0.500. The van der Waals surface area contributed by atoms with Gasteiger partial charge < -0.3 is 16.0 Å². The predicted molar refractivity (Wildman–Crippen MR) is 73.8 cm³/mol. The highest BCUT2D eigenvalue weighted by molar-refractivity contribution is 5.89. The van der Waals surface area contributed by atoms with Gasteiger partial charge in [0.1, 0.15) is 0 Å². The van der Waals surface area contributed by atoms with Gasteiger partial charge in [-0.05, 0) is 45.4 Å². The Balaban J connectivity index is 1.86. The molecule has 1 fully saturated rings. The molecule has 2 amide bonds. The number of rotatable bonds is 2. The van der Waals surface area contributed by atoms with Crippen LogP contribution in [0.5, 0.6) is 0 Å². The van der Waals surface area contributed by atoms with E-state index in [1.54, 1.807) is 0 Å². The summed E-state index contributed by atoms with van der Waals surface area (Å²) in [7, 11) is 0. The number of piperidine rings is 1. The second kappa shape index (κ2) is 5.87. The first-order chi connectivity index (χ1) is 8.65. The van der Waals surface area contributed by atoms with Crippen LogP contribution in [-0.4, -0.2) is 24.7 Å². The van der Waals surface area contributed by atoms with Crippen molar-refractivity contribution in [2.45, 2.75) is 38.8 Å². The summed E-state index contributed by atoms with van der Waals surface area (Å²) in [6, 6.07) is 8.22. The van der Waals surface area contributed by atoms with E-state index >= 15 is 0 Å². The quantitative estimate of drug-likeness (QED) is 0.751. The van der Waals surface area contributed by atoms with E-state index in [9.17, 15) is 4.79 Å². The molecule has 2 atom stereocenters. The zero-order chi connectivity index (χ0) is 13.0. The van der Waals surface area contributed by atoms with E-state index in [1.807, 2.05) is 31.2 Å². The molecule has 0 bridgehead atoms. The molecule has 4 nitrogen and oxygen atoms in total. The molecule has 1 aliphatic rings. The Morgan fingerprint density at radius 1 is 1.33 bits per heavy atom. The molecule has 1 aromatic rings. The molecule has 0 saturated carbocycles. The highest BCUT2D eigenvalue weighted by Gasteiger charge is 2.22. The van der Waals surface area contributed by atoms with E-state index in [2.05, 4.69) is 22.9 Å². The Morgan fingerprint density at radius 3 is 2.72 bits per heavy atom. The molecule has 98 valence electrons. The molecule has 2 rings (SSSR count). The maximum Gasteiger partial charge on any atom is 0.319 e. The molecule has 0 aliphatic carbocycles. The normalized spacial score (nSPS) is 23.4.